The molecule has 0 aromatic carbocycles. The molecule has 0 radical (unpaired) electrons. The molecule has 5 fully saturated rings. The van der Waals surface area contributed by atoms with Crippen LogP contribution in [0.1, 0.15) is 144 Å². The standard InChI is InChI=1S/C44H71N5O5/c1-12-46-43(11,27(4)5)23-54-35-32(49-36(45-25-47-49)37(50)48-29-13-14-29)21-39(7)22-53-24-44(35)31-17-18-42(10)34(38(51)52)40(8,28(6)26(2)3)19-20-41(42,9)30(31)15-16-33(39)44/h17,25-30,32-35,46H,12-16,18-24H2,1-11H3,(H,48,50)(H,51,52)/t28-,30+,32-,33-,34-,35+,39-,40-,41-,42+,43+,44+/m1/s1. The van der Waals surface area contributed by atoms with E-state index in [4.69, 9.17) is 14.6 Å². The first kappa shape index (κ1) is 39.9. The summed E-state index contributed by atoms with van der Waals surface area (Å²) in [4.78, 5) is 32.0. The average molecular weight is 750 g/mol. The predicted octanol–water partition coefficient (Wildman–Crippen LogP) is 7.71. The molecular formula is C44H71N5O5. The first-order valence-corrected chi connectivity index (χ1v) is 21.4. The van der Waals surface area contributed by atoms with Crippen molar-refractivity contribution in [3.05, 3.63) is 23.8 Å². The van der Waals surface area contributed by atoms with E-state index >= 15 is 0 Å². The Morgan fingerprint density at radius 1 is 1.06 bits per heavy atom. The molecular weight excluding hydrogens is 679 g/mol. The Hall–Kier alpha value is -2.30. The third kappa shape index (κ3) is 5.79. The Morgan fingerprint density at radius 3 is 2.41 bits per heavy atom. The first-order valence-electron chi connectivity index (χ1n) is 21.4. The molecule has 2 heterocycles. The van der Waals surface area contributed by atoms with E-state index in [9.17, 15) is 14.7 Å². The summed E-state index contributed by atoms with van der Waals surface area (Å²) in [5.74, 6) is 0.603. The van der Waals surface area contributed by atoms with E-state index in [0.717, 1.165) is 57.9 Å². The van der Waals surface area contributed by atoms with Crippen LogP contribution in [0.15, 0.2) is 18.0 Å². The summed E-state index contributed by atoms with van der Waals surface area (Å²) < 4.78 is 16.2. The molecule has 1 aliphatic heterocycles. The first-order chi connectivity index (χ1) is 25.3. The highest BCUT2D eigenvalue weighted by Crippen LogP contribution is 2.75. The maximum atomic E-state index is 13.7. The minimum absolute atomic E-state index is 0.165. The molecule has 6 aliphatic rings. The fourth-order valence-corrected chi connectivity index (χ4v) is 13.3. The highest BCUT2D eigenvalue weighted by Gasteiger charge is 2.73. The number of allylic oxidation sites excluding steroid dienone is 1. The molecule has 1 amide bonds. The molecule has 4 saturated carbocycles. The zero-order chi connectivity index (χ0) is 39.2. The molecule has 0 spiro atoms. The lowest BCUT2D eigenvalue weighted by Gasteiger charge is -2.71. The van der Waals surface area contributed by atoms with Gasteiger partial charge in [-0.3, -0.25) is 9.59 Å². The number of ether oxygens (including phenoxy) is 2. The number of aliphatic carboxylic acids is 1. The quantitative estimate of drug-likeness (QED) is 0.186. The van der Waals surface area contributed by atoms with Gasteiger partial charge in [0.25, 0.3) is 5.91 Å². The van der Waals surface area contributed by atoms with Gasteiger partial charge in [0.1, 0.15) is 6.33 Å². The molecule has 1 saturated heterocycles. The molecule has 1 aromatic heterocycles. The van der Waals surface area contributed by atoms with Crippen LogP contribution in [0.2, 0.25) is 0 Å². The van der Waals surface area contributed by atoms with Crippen LogP contribution in [0.5, 0.6) is 0 Å². The molecule has 12 atom stereocenters. The van der Waals surface area contributed by atoms with Gasteiger partial charge in [-0.25, -0.2) is 9.67 Å². The monoisotopic (exact) mass is 750 g/mol. The molecule has 1 aromatic rings. The number of hydrogen-bond donors (Lipinski definition) is 3. The smallest absolute Gasteiger partial charge is 0.307 e. The number of carbonyl (C=O) groups is 2. The maximum Gasteiger partial charge on any atom is 0.307 e. The maximum absolute atomic E-state index is 13.7. The van der Waals surface area contributed by atoms with Crippen LogP contribution in [0, 0.1) is 62.6 Å². The normalized spacial score (nSPS) is 41.9. The topological polar surface area (TPSA) is 128 Å². The summed E-state index contributed by atoms with van der Waals surface area (Å²) in [6, 6.07) is -0.0250. The van der Waals surface area contributed by atoms with Crippen LogP contribution in [0.3, 0.4) is 0 Å². The van der Waals surface area contributed by atoms with E-state index in [1.807, 2.05) is 4.68 Å². The number of nitrogens with one attached hydrogen (secondary N) is 2. The SMILES string of the molecule is CCN[C@@](C)(CO[C@H]1[C@H](n2ncnc2C(=O)NC2CC2)C[C@]2(C)COC[C@@]13C1=CC[C@@]4(C)[C@H](C(=O)O)[C@@](C)([C@H](C)C(C)C)CC[C@]4(C)[C@H]1CC[C@H]23)C(C)C. The zero-order valence-corrected chi connectivity index (χ0v) is 35.3. The van der Waals surface area contributed by atoms with Crippen molar-refractivity contribution in [2.75, 3.05) is 26.4 Å². The van der Waals surface area contributed by atoms with Gasteiger partial charge in [0, 0.05) is 17.0 Å². The van der Waals surface area contributed by atoms with Crippen molar-refractivity contribution in [2.24, 2.45) is 62.6 Å². The van der Waals surface area contributed by atoms with E-state index in [-0.39, 0.29) is 57.7 Å². The number of fused-ring (bicyclic) bond motifs is 3. The number of carboxylic acids is 1. The van der Waals surface area contributed by atoms with Gasteiger partial charge >= 0.3 is 5.97 Å². The highest BCUT2D eigenvalue weighted by atomic mass is 16.5. The van der Waals surface area contributed by atoms with Crippen molar-refractivity contribution in [2.45, 2.75) is 151 Å². The predicted molar refractivity (Wildman–Crippen MR) is 210 cm³/mol. The van der Waals surface area contributed by atoms with Gasteiger partial charge in [-0.15, -0.1) is 0 Å². The number of amides is 1. The molecule has 2 bridgehead atoms. The Labute approximate surface area is 324 Å². The van der Waals surface area contributed by atoms with Crippen molar-refractivity contribution in [1.82, 2.24) is 25.4 Å². The summed E-state index contributed by atoms with van der Waals surface area (Å²) in [5, 5.41) is 23.0. The van der Waals surface area contributed by atoms with E-state index < -0.39 is 22.7 Å². The van der Waals surface area contributed by atoms with Gasteiger partial charge < -0.3 is 25.2 Å². The molecule has 54 heavy (non-hydrogen) atoms. The number of aromatic nitrogens is 3. The van der Waals surface area contributed by atoms with Gasteiger partial charge in [0.05, 0.1) is 37.9 Å². The summed E-state index contributed by atoms with van der Waals surface area (Å²) in [7, 11) is 0. The second-order valence-corrected chi connectivity index (χ2v) is 20.8. The second kappa shape index (κ2) is 13.7. The number of hydrogen-bond acceptors (Lipinski definition) is 7. The lowest BCUT2D eigenvalue weighted by molar-refractivity contribution is -0.255. The van der Waals surface area contributed by atoms with E-state index in [2.05, 4.69) is 97.9 Å². The Kier molecular flexibility index (Phi) is 10.1. The van der Waals surface area contributed by atoms with Gasteiger partial charge in [-0.05, 0) is 116 Å². The summed E-state index contributed by atoms with van der Waals surface area (Å²) in [6.07, 6.45) is 11.2. The third-order valence-electron chi connectivity index (χ3n) is 17.4. The van der Waals surface area contributed by atoms with Crippen LogP contribution in [-0.4, -0.2) is 75.8 Å². The summed E-state index contributed by atoms with van der Waals surface area (Å²) in [5.41, 5.74) is -0.433. The number of nitrogens with zero attached hydrogens (tertiary/aromatic N) is 3. The molecule has 302 valence electrons. The summed E-state index contributed by atoms with van der Waals surface area (Å²) >= 11 is 0. The Morgan fingerprint density at radius 2 is 1.78 bits per heavy atom. The molecule has 3 N–H and O–H groups in total. The average Bonchev–Trinajstić information content (AvgIpc) is 3.78. The van der Waals surface area contributed by atoms with Gasteiger partial charge in [-0.1, -0.05) is 80.9 Å². The summed E-state index contributed by atoms with van der Waals surface area (Å²) in [6.45, 7) is 27.7. The fourth-order valence-electron chi connectivity index (χ4n) is 13.3. The van der Waals surface area contributed by atoms with E-state index in [0.29, 0.717) is 43.4 Å². The van der Waals surface area contributed by atoms with Crippen molar-refractivity contribution >= 4 is 11.9 Å². The Bertz CT molecular complexity index is 1640. The van der Waals surface area contributed by atoms with Crippen LogP contribution in [0.25, 0.3) is 0 Å². The lowest BCUT2D eigenvalue weighted by Crippen LogP contribution is -2.70. The van der Waals surface area contributed by atoms with Gasteiger partial charge in [-0.2, -0.15) is 5.10 Å². The molecule has 7 rings (SSSR count). The van der Waals surface area contributed by atoms with Crippen LogP contribution < -0.4 is 10.6 Å². The van der Waals surface area contributed by atoms with Crippen LogP contribution in [0.4, 0.5) is 0 Å². The van der Waals surface area contributed by atoms with Crippen LogP contribution >= 0.6 is 0 Å². The zero-order valence-electron chi connectivity index (χ0n) is 35.3. The molecule has 5 aliphatic carbocycles. The molecule has 10 heteroatoms. The minimum atomic E-state index is -0.644. The largest absolute Gasteiger partial charge is 0.481 e. The van der Waals surface area contributed by atoms with E-state index in [1.54, 1.807) is 0 Å². The van der Waals surface area contributed by atoms with E-state index in [1.165, 1.54) is 11.9 Å². The fraction of sp³-hybridized carbons (Fsp3) is 0.864. The number of rotatable bonds is 12. The second-order valence-electron chi connectivity index (χ2n) is 20.8. The minimum Gasteiger partial charge on any atom is -0.481 e. The van der Waals surface area contributed by atoms with Gasteiger partial charge in [0.2, 0.25) is 5.82 Å². The van der Waals surface area contributed by atoms with Crippen molar-refractivity contribution in [3.63, 3.8) is 0 Å². The third-order valence-corrected chi connectivity index (χ3v) is 17.4. The van der Waals surface area contributed by atoms with Crippen molar-refractivity contribution in [1.29, 1.82) is 0 Å². The number of carbonyl (C=O) groups excluding carboxylic acids is 1. The van der Waals surface area contributed by atoms with Crippen LogP contribution in [-0.2, 0) is 14.3 Å². The molecule has 10 nitrogen and oxygen atoms in total. The van der Waals surface area contributed by atoms with Crippen molar-refractivity contribution < 1.29 is 24.2 Å². The Balaban J connectivity index is 1.38. The van der Waals surface area contributed by atoms with Gasteiger partial charge in [0.15, 0.2) is 0 Å². The molecule has 0 unspecified atom stereocenters. The highest BCUT2D eigenvalue weighted by molar-refractivity contribution is 5.91. The number of likely N-dealkylation sites (N-methyl/N-ethyl adjacent to an activating group) is 1. The number of carboxylic acid groups (broad SMARTS) is 1. The lowest BCUT2D eigenvalue weighted by atomic mass is 9.34. The van der Waals surface area contributed by atoms with Crippen molar-refractivity contribution in [3.8, 4) is 0 Å².